The van der Waals surface area contributed by atoms with Gasteiger partial charge in [0, 0.05) is 0 Å². The lowest BCUT2D eigenvalue weighted by Crippen LogP contribution is -2.21. The van der Waals surface area contributed by atoms with Gasteiger partial charge in [-0.15, -0.1) is 0 Å². The van der Waals surface area contributed by atoms with Crippen LogP contribution in [0.5, 0.6) is 0 Å². The fourth-order valence-electron chi connectivity index (χ4n) is 1.95. The summed E-state index contributed by atoms with van der Waals surface area (Å²) < 4.78 is 4.53. The molecule has 68 valence electrons. The van der Waals surface area contributed by atoms with Crippen molar-refractivity contribution >= 4 is 25.4 Å². The van der Waals surface area contributed by atoms with Crippen LogP contribution >= 0.6 is 13.5 Å². The number of hydrogen-bond donors (Lipinski definition) is 0. The number of carbonyl (C=O) groups excluding carboxylic acids is 2. The lowest BCUT2D eigenvalue weighted by Gasteiger charge is -2.18. The molecule has 1 aliphatic heterocycles. The fourth-order valence-corrected chi connectivity index (χ4v) is 1.95. The summed E-state index contributed by atoms with van der Waals surface area (Å²) in [6.07, 6.45) is 3.80. The molecule has 0 aromatic rings. The van der Waals surface area contributed by atoms with Crippen LogP contribution in [0.3, 0.4) is 0 Å². The van der Waals surface area contributed by atoms with Gasteiger partial charge in [0.2, 0.25) is 0 Å². The summed E-state index contributed by atoms with van der Waals surface area (Å²) in [6.45, 7) is 0. The highest BCUT2D eigenvalue weighted by molar-refractivity contribution is 7.59. The molecule has 0 amide bonds. The molecule has 2 atom stereocenters. The minimum atomic E-state index is -0.292. The summed E-state index contributed by atoms with van der Waals surface area (Å²) >= 11 is 0. The Morgan fingerprint density at radius 1 is 1.00 bits per heavy atom. The van der Waals surface area contributed by atoms with E-state index in [9.17, 15) is 9.59 Å². The molecule has 2 fully saturated rings. The highest BCUT2D eigenvalue weighted by Gasteiger charge is 2.44. The van der Waals surface area contributed by atoms with Crippen molar-refractivity contribution < 1.29 is 14.3 Å². The van der Waals surface area contributed by atoms with E-state index in [0.29, 0.717) is 0 Å². The molecular formula is C8H12O3S. The van der Waals surface area contributed by atoms with Gasteiger partial charge in [0.05, 0.1) is 11.8 Å². The molecule has 0 aromatic heterocycles. The molecule has 2 unspecified atom stereocenters. The zero-order valence-corrected chi connectivity index (χ0v) is 7.71. The molecule has 0 radical (unpaired) electrons. The quantitative estimate of drug-likeness (QED) is 0.420. The second-order valence-corrected chi connectivity index (χ2v) is 3.24. The van der Waals surface area contributed by atoms with Gasteiger partial charge in [-0.05, 0) is 12.8 Å². The molecular weight excluding hydrogens is 176 g/mol. The Kier molecular flexibility index (Phi) is 2.77. The van der Waals surface area contributed by atoms with Crippen LogP contribution in [0, 0.1) is 11.8 Å². The smallest absolute Gasteiger partial charge is 0.317 e. The van der Waals surface area contributed by atoms with E-state index in [1.165, 1.54) is 0 Å². The van der Waals surface area contributed by atoms with Gasteiger partial charge in [-0.3, -0.25) is 9.59 Å². The third-order valence-corrected chi connectivity index (χ3v) is 2.57. The zero-order valence-electron chi connectivity index (χ0n) is 6.71. The first-order valence-electron chi connectivity index (χ1n) is 4.04. The van der Waals surface area contributed by atoms with Gasteiger partial charge < -0.3 is 4.74 Å². The van der Waals surface area contributed by atoms with Gasteiger partial charge in [0.25, 0.3) is 0 Å². The van der Waals surface area contributed by atoms with Crippen LogP contribution in [0.15, 0.2) is 0 Å². The second kappa shape index (κ2) is 3.47. The molecule has 4 heteroatoms. The van der Waals surface area contributed by atoms with Crippen molar-refractivity contribution in [3.63, 3.8) is 0 Å². The minimum absolute atomic E-state index is 0. The van der Waals surface area contributed by atoms with Crippen LogP contribution in [-0.4, -0.2) is 11.9 Å². The first-order chi connectivity index (χ1) is 5.29. The van der Waals surface area contributed by atoms with Crippen LogP contribution in [-0.2, 0) is 14.3 Å². The van der Waals surface area contributed by atoms with Gasteiger partial charge in [0.1, 0.15) is 0 Å². The molecule has 1 aliphatic carbocycles. The van der Waals surface area contributed by atoms with Crippen molar-refractivity contribution in [2.75, 3.05) is 0 Å². The SMILES string of the molecule is O=C1OC(=O)C2CCCCC12.S. The van der Waals surface area contributed by atoms with Crippen molar-refractivity contribution in [1.82, 2.24) is 0 Å². The summed E-state index contributed by atoms with van der Waals surface area (Å²) in [5, 5.41) is 0. The van der Waals surface area contributed by atoms with Crippen molar-refractivity contribution in [3.8, 4) is 0 Å². The molecule has 12 heavy (non-hydrogen) atoms. The Hall–Kier alpha value is -0.510. The Bertz CT molecular complexity index is 192. The van der Waals surface area contributed by atoms with E-state index >= 15 is 0 Å². The molecule has 3 nitrogen and oxygen atoms in total. The van der Waals surface area contributed by atoms with E-state index in [1.54, 1.807) is 0 Å². The van der Waals surface area contributed by atoms with Crippen LogP contribution < -0.4 is 0 Å². The molecule has 2 rings (SSSR count). The first kappa shape index (κ1) is 9.58. The molecule has 1 saturated carbocycles. The standard InChI is InChI=1S/C8H10O3.H2S/c9-7-5-3-1-2-4-6(5)8(10)11-7;/h5-6H,1-4H2;1H2. The van der Waals surface area contributed by atoms with E-state index in [4.69, 9.17) is 0 Å². The van der Waals surface area contributed by atoms with Gasteiger partial charge in [0.15, 0.2) is 0 Å². The summed E-state index contributed by atoms with van der Waals surface area (Å²) in [4.78, 5) is 22.0. The van der Waals surface area contributed by atoms with Crippen molar-refractivity contribution in [1.29, 1.82) is 0 Å². The molecule has 1 heterocycles. The predicted octanol–water partition coefficient (Wildman–Crippen LogP) is 0.989. The normalized spacial score (nSPS) is 33.7. The van der Waals surface area contributed by atoms with Crippen molar-refractivity contribution in [2.24, 2.45) is 11.8 Å². The molecule has 1 saturated heterocycles. The van der Waals surface area contributed by atoms with E-state index < -0.39 is 0 Å². The Morgan fingerprint density at radius 2 is 1.42 bits per heavy atom. The van der Waals surface area contributed by atoms with Gasteiger partial charge in [-0.25, -0.2) is 0 Å². The van der Waals surface area contributed by atoms with E-state index in [1.807, 2.05) is 0 Å². The number of ether oxygens (including phenoxy) is 1. The third kappa shape index (κ3) is 1.35. The van der Waals surface area contributed by atoms with Crippen molar-refractivity contribution in [3.05, 3.63) is 0 Å². The van der Waals surface area contributed by atoms with Crippen LogP contribution in [0.1, 0.15) is 25.7 Å². The summed E-state index contributed by atoms with van der Waals surface area (Å²) in [5.41, 5.74) is 0. The fraction of sp³-hybridized carbons (Fsp3) is 0.750. The summed E-state index contributed by atoms with van der Waals surface area (Å²) in [6, 6.07) is 0. The minimum Gasteiger partial charge on any atom is -0.393 e. The van der Waals surface area contributed by atoms with E-state index in [0.717, 1.165) is 25.7 Å². The lowest BCUT2D eigenvalue weighted by molar-refractivity contribution is -0.153. The molecule has 0 spiro atoms. The largest absolute Gasteiger partial charge is 0.393 e. The second-order valence-electron chi connectivity index (χ2n) is 3.24. The first-order valence-corrected chi connectivity index (χ1v) is 4.04. The maximum atomic E-state index is 11.0. The van der Waals surface area contributed by atoms with Gasteiger partial charge in [-0.2, -0.15) is 13.5 Å². The average Bonchev–Trinajstić information content (AvgIpc) is 2.30. The maximum absolute atomic E-state index is 11.0. The Labute approximate surface area is 77.9 Å². The topological polar surface area (TPSA) is 43.4 Å². The molecule has 0 N–H and O–H groups in total. The number of cyclic esters (lactones) is 2. The average molecular weight is 188 g/mol. The van der Waals surface area contributed by atoms with Gasteiger partial charge in [-0.1, -0.05) is 12.8 Å². The molecule has 0 aromatic carbocycles. The van der Waals surface area contributed by atoms with Crippen LogP contribution in [0.2, 0.25) is 0 Å². The highest BCUT2D eigenvalue weighted by Crippen LogP contribution is 2.36. The van der Waals surface area contributed by atoms with E-state index in [2.05, 4.69) is 4.74 Å². The Morgan fingerprint density at radius 3 is 1.83 bits per heavy atom. The maximum Gasteiger partial charge on any atom is 0.317 e. The molecule has 0 bridgehead atoms. The van der Waals surface area contributed by atoms with Crippen molar-refractivity contribution in [2.45, 2.75) is 25.7 Å². The number of hydrogen-bond acceptors (Lipinski definition) is 3. The summed E-state index contributed by atoms with van der Waals surface area (Å²) in [7, 11) is 0. The predicted molar refractivity (Wildman–Crippen MR) is 46.9 cm³/mol. The Balaban J connectivity index is 0.000000720. The third-order valence-electron chi connectivity index (χ3n) is 2.57. The highest BCUT2D eigenvalue weighted by atomic mass is 32.1. The van der Waals surface area contributed by atoms with Crippen LogP contribution in [0.25, 0.3) is 0 Å². The lowest BCUT2D eigenvalue weighted by atomic mass is 9.81. The number of rotatable bonds is 0. The number of fused-ring (bicyclic) bond motifs is 1. The summed E-state index contributed by atoms with van der Waals surface area (Å²) in [5.74, 6) is -0.785. The monoisotopic (exact) mass is 188 g/mol. The van der Waals surface area contributed by atoms with Gasteiger partial charge >= 0.3 is 11.9 Å². The zero-order chi connectivity index (χ0) is 7.84. The number of carbonyl (C=O) groups is 2. The molecule has 2 aliphatic rings. The van der Waals surface area contributed by atoms with Crippen LogP contribution in [0.4, 0.5) is 0 Å². The number of esters is 2. The van der Waals surface area contributed by atoms with E-state index in [-0.39, 0.29) is 37.3 Å².